The number of ether oxygens (including phenoxy) is 2. The highest BCUT2D eigenvalue weighted by atomic mass is 79.9. The molecule has 2 rings (SSSR count). The van der Waals surface area contributed by atoms with Gasteiger partial charge in [-0.05, 0) is 43.0 Å². The Morgan fingerprint density at radius 1 is 1.32 bits per heavy atom. The van der Waals surface area contributed by atoms with E-state index in [2.05, 4.69) is 21.2 Å². The highest BCUT2D eigenvalue weighted by Gasteiger charge is 2.31. The van der Waals surface area contributed by atoms with Crippen LogP contribution in [0, 0.1) is 11.8 Å². The van der Waals surface area contributed by atoms with Gasteiger partial charge in [0.1, 0.15) is 0 Å². The number of hydrogen-bond donors (Lipinski definition) is 2. The van der Waals surface area contributed by atoms with E-state index in [1.807, 2.05) is 12.1 Å². The van der Waals surface area contributed by atoms with Gasteiger partial charge in [-0.1, -0.05) is 22.4 Å². The predicted molar refractivity (Wildman–Crippen MR) is 89.0 cm³/mol. The molecule has 1 amide bonds. The number of carbonyl (C=O) groups is 1. The van der Waals surface area contributed by atoms with E-state index in [9.17, 15) is 4.79 Å². The fraction of sp³-hybridized carbons (Fsp3) is 0.562. The first-order chi connectivity index (χ1) is 10.6. The van der Waals surface area contributed by atoms with E-state index in [0.717, 1.165) is 29.3 Å². The molecule has 3 N–H and O–H groups in total. The van der Waals surface area contributed by atoms with Gasteiger partial charge in [0, 0.05) is 16.9 Å². The van der Waals surface area contributed by atoms with Crippen LogP contribution < -0.4 is 20.5 Å². The van der Waals surface area contributed by atoms with Crippen LogP contribution in [0.5, 0.6) is 11.5 Å². The number of benzene rings is 1. The minimum absolute atomic E-state index is 0.0453. The third kappa shape index (κ3) is 3.73. The average Bonchev–Trinajstić information content (AvgIpc) is 3.01. The van der Waals surface area contributed by atoms with E-state index < -0.39 is 0 Å². The molecule has 0 spiro atoms. The van der Waals surface area contributed by atoms with Crippen molar-refractivity contribution < 1.29 is 14.3 Å². The minimum atomic E-state index is 0.0453. The molecule has 1 aromatic rings. The third-order valence-electron chi connectivity index (χ3n) is 4.30. The Morgan fingerprint density at radius 3 is 2.64 bits per heavy atom. The summed E-state index contributed by atoms with van der Waals surface area (Å²) in [7, 11) is 3.19. The molecular formula is C16H23BrN2O3. The average molecular weight is 371 g/mol. The van der Waals surface area contributed by atoms with Crippen molar-refractivity contribution in [3.05, 3.63) is 22.2 Å². The van der Waals surface area contributed by atoms with Crippen LogP contribution in [0.4, 0.5) is 0 Å². The van der Waals surface area contributed by atoms with Crippen LogP contribution in [0.15, 0.2) is 16.6 Å². The summed E-state index contributed by atoms with van der Waals surface area (Å²) in [5.41, 5.74) is 6.70. The van der Waals surface area contributed by atoms with E-state index in [0.29, 0.717) is 30.5 Å². The largest absolute Gasteiger partial charge is 0.493 e. The second-order valence-corrected chi connectivity index (χ2v) is 6.40. The Morgan fingerprint density at radius 2 is 2.00 bits per heavy atom. The second-order valence-electron chi connectivity index (χ2n) is 5.55. The van der Waals surface area contributed by atoms with Gasteiger partial charge in [-0.25, -0.2) is 0 Å². The van der Waals surface area contributed by atoms with Crippen LogP contribution in [-0.4, -0.2) is 26.7 Å². The summed E-state index contributed by atoms with van der Waals surface area (Å²) in [6, 6.07) is 3.72. The lowest BCUT2D eigenvalue weighted by Gasteiger charge is -2.18. The first-order valence-corrected chi connectivity index (χ1v) is 8.28. The van der Waals surface area contributed by atoms with Crippen molar-refractivity contribution >= 4 is 21.8 Å². The molecule has 2 atom stereocenters. The van der Waals surface area contributed by atoms with E-state index in [-0.39, 0.29) is 11.8 Å². The van der Waals surface area contributed by atoms with Crippen molar-refractivity contribution in [2.75, 3.05) is 20.8 Å². The molecule has 1 fully saturated rings. The Labute approximate surface area is 139 Å². The topological polar surface area (TPSA) is 73.6 Å². The second kappa shape index (κ2) is 7.83. The molecule has 5 nitrogen and oxygen atoms in total. The molecule has 0 bridgehead atoms. The van der Waals surface area contributed by atoms with Crippen molar-refractivity contribution in [1.82, 2.24) is 5.32 Å². The zero-order chi connectivity index (χ0) is 16.1. The van der Waals surface area contributed by atoms with Gasteiger partial charge in [-0.2, -0.15) is 0 Å². The molecule has 0 unspecified atom stereocenters. The van der Waals surface area contributed by atoms with Gasteiger partial charge < -0.3 is 20.5 Å². The minimum Gasteiger partial charge on any atom is -0.493 e. The molecule has 6 heteroatoms. The fourth-order valence-electron chi connectivity index (χ4n) is 3.01. The Balaban J connectivity index is 2.03. The Bertz CT molecular complexity index is 536. The number of rotatable bonds is 6. The highest BCUT2D eigenvalue weighted by molar-refractivity contribution is 9.10. The van der Waals surface area contributed by atoms with Crippen LogP contribution >= 0.6 is 15.9 Å². The van der Waals surface area contributed by atoms with E-state index in [1.165, 1.54) is 0 Å². The zero-order valence-electron chi connectivity index (χ0n) is 13.0. The highest BCUT2D eigenvalue weighted by Crippen LogP contribution is 2.34. The predicted octanol–water partition coefficient (Wildman–Crippen LogP) is 2.46. The fourth-order valence-corrected chi connectivity index (χ4v) is 3.47. The standard InChI is InChI=1S/C16H23BrN2O3/c1-21-14-6-11(13(17)7-15(14)22-2)9-19-16(20)12-5-3-4-10(12)8-18/h6-7,10,12H,3-5,8-9,18H2,1-2H3,(H,19,20)/t10-,12-/m1/s1. The van der Waals surface area contributed by atoms with Crippen molar-refractivity contribution in [2.24, 2.45) is 17.6 Å². The van der Waals surface area contributed by atoms with Gasteiger partial charge >= 0.3 is 0 Å². The molecule has 1 aliphatic carbocycles. The molecule has 22 heavy (non-hydrogen) atoms. The maximum absolute atomic E-state index is 12.3. The van der Waals surface area contributed by atoms with Crippen LogP contribution in [0.3, 0.4) is 0 Å². The van der Waals surface area contributed by atoms with Gasteiger partial charge in [0.2, 0.25) is 5.91 Å². The van der Waals surface area contributed by atoms with Crippen LogP contribution in [0.25, 0.3) is 0 Å². The summed E-state index contributed by atoms with van der Waals surface area (Å²) in [5.74, 6) is 1.76. The van der Waals surface area contributed by atoms with E-state index in [4.69, 9.17) is 15.2 Å². The summed E-state index contributed by atoms with van der Waals surface area (Å²) in [6.45, 7) is 1.03. The quantitative estimate of drug-likeness (QED) is 0.806. The molecule has 122 valence electrons. The summed E-state index contributed by atoms with van der Waals surface area (Å²) in [5, 5.41) is 3.01. The van der Waals surface area contributed by atoms with Gasteiger partial charge in [0.15, 0.2) is 11.5 Å². The zero-order valence-corrected chi connectivity index (χ0v) is 14.6. The molecule has 0 radical (unpaired) electrons. The van der Waals surface area contributed by atoms with Crippen molar-refractivity contribution in [1.29, 1.82) is 0 Å². The molecule has 0 heterocycles. The lowest BCUT2D eigenvalue weighted by atomic mass is 9.95. The van der Waals surface area contributed by atoms with Crippen LogP contribution in [0.1, 0.15) is 24.8 Å². The normalized spacial score (nSPS) is 20.7. The smallest absolute Gasteiger partial charge is 0.223 e. The molecule has 0 saturated heterocycles. The molecule has 1 aliphatic rings. The number of nitrogens with one attached hydrogen (secondary N) is 1. The number of carbonyl (C=O) groups excluding carboxylic acids is 1. The first kappa shape index (κ1) is 17.1. The lowest BCUT2D eigenvalue weighted by molar-refractivity contribution is -0.126. The molecule has 1 saturated carbocycles. The maximum Gasteiger partial charge on any atom is 0.223 e. The Hall–Kier alpha value is -1.27. The number of amides is 1. The van der Waals surface area contributed by atoms with E-state index >= 15 is 0 Å². The monoisotopic (exact) mass is 370 g/mol. The van der Waals surface area contributed by atoms with Gasteiger partial charge in [-0.3, -0.25) is 4.79 Å². The summed E-state index contributed by atoms with van der Waals surface area (Å²) in [6.07, 6.45) is 3.06. The van der Waals surface area contributed by atoms with Crippen molar-refractivity contribution in [2.45, 2.75) is 25.8 Å². The third-order valence-corrected chi connectivity index (χ3v) is 5.04. The number of hydrogen-bond acceptors (Lipinski definition) is 4. The van der Waals surface area contributed by atoms with Crippen LogP contribution in [-0.2, 0) is 11.3 Å². The maximum atomic E-state index is 12.3. The lowest BCUT2D eigenvalue weighted by Crippen LogP contribution is -2.34. The summed E-state index contributed by atoms with van der Waals surface area (Å²) in [4.78, 5) is 12.3. The SMILES string of the molecule is COc1cc(Br)c(CNC(=O)[C@@H]2CCC[C@@H]2CN)cc1OC. The molecular weight excluding hydrogens is 348 g/mol. The summed E-state index contributed by atoms with van der Waals surface area (Å²) < 4.78 is 11.4. The van der Waals surface area contributed by atoms with Crippen LogP contribution in [0.2, 0.25) is 0 Å². The van der Waals surface area contributed by atoms with E-state index in [1.54, 1.807) is 14.2 Å². The first-order valence-electron chi connectivity index (χ1n) is 7.48. The number of nitrogens with two attached hydrogens (primary N) is 1. The number of halogens is 1. The van der Waals surface area contributed by atoms with Crippen molar-refractivity contribution in [3.63, 3.8) is 0 Å². The molecule has 0 aromatic heterocycles. The van der Waals surface area contributed by atoms with Gasteiger partial charge in [0.05, 0.1) is 14.2 Å². The van der Waals surface area contributed by atoms with Gasteiger partial charge in [-0.15, -0.1) is 0 Å². The Kier molecular flexibility index (Phi) is 6.08. The molecule has 0 aliphatic heterocycles. The number of methoxy groups -OCH3 is 2. The van der Waals surface area contributed by atoms with Crippen molar-refractivity contribution in [3.8, 4) is 11.5 Å². The summed E-state index contributed by atoms with van der Waals surface area (Å²) >= 11 is 3.50. The molecule has 1 aromatic carbocycles. The van der Waals surface area contributed by atoms with Gasteiger partial charge in [0.25, 0.3) is 0 Å².